The molecule has 1 aliphatic rings. The SMILES string of the molecule is Cc1ccccc1C(C)(C)CCC(C)(C)C1(C)CCCCC1. The van der Waals surface area contributed by atoms with Gasteiger partial charge in [-0.25, -0.2) is 0 Å². The van der Waals surface area contributed by atoms with Crippen molar-refractivity contribution in [3.05, 3.63) is 35.4 Å². The summed E-state index contributed by atoms with van der Waals surface area (Å²) < 4.78 is 0. The van der Waals surface area contributed by atoms with Gasteiger partial charge in [-0.05, 0) is 60.0 Å². The number of benzene rings is 1. The molecular formula is C22H36. The summed E-state index contributed by atoms with van der Waals surface area (Å²) in [5.41, 5.74) is 4.21. The van der Waals surface area contributed by atoms with Crippen LogP contribution in [0.1, 0.15) is 90.7 Å². The number of hydrogen-bond acceptors (Lipinski definition) is 0. The Morgan fingerprint density at radius 2 is 1.50 bits per heavy atom. The molecule has 0 atom stereocenters. The van der Waals surface area contributed by atoms with Gasteiger partial charge in [0.2, 0.25) is 0 Å². The quantitative estimate of drug-likeness (QED) is 0.546. The predicted octanol–water partition coefficient (Wildman–Crippen LogP) is 7.05. The first-order valence-corrected chi connectivity index (χ1v) is 9.24. The smallest absolute Gasteiger partial charge is 0.0101 e. The fraction of sp³-hybridized carbons (Fsp3) is 0.727. The van der Waals surface area contributed by atoms with E-state index in [0.717, 1.165) is 0 Å². The van der Waals surface area contributed by atoms with Crippen LogP contribution in [0.3, 0.4) is 0 Å². The molecule has 0 heterocycles. The second kappa shape index (κ2) is 6.38. The molecule has 1 aliphatic carbocycles. The van der Waals surface area contributed by atoms with E-state index in [0.29, 0.717) is 10.8 Å². The van der Waals surface area contributed by atoms with Crippen LogP contribution in [0.5, 0.6) is 0 Å². The largest absolute Gasteiger partial charge is 0.0620 e. The lowest BCUT2D eigenvalue weighted by atomic mass is 9.57. The van der Waals surface area contributed by atoms with E-state index in [2.05, 4.69) is 65.8 Å². The second-order valence-corrected chi connectivity index (χ2v) is 9.20. The third-order valence-corrected chi connectivity index (χ3v) is 6.84. The van der Waals surface area contributed by atoms with Gasteiger partial charge in [0.15, 0.2) is 0 Å². The summed E-state index contributed by atoms with van der Waals surface area (Å²) in [7, 11) is 0. The van der Waals surface area contributed by atoms with Gasteiger partial charge in [-0.3, -0.25) is 0 Å². The van der Waals surface area contributed by atoms with Crippen molar-refractivity contribution in [1.82, 2.24) is 0 Å². The number of aryl methyl sites for hydroxylation is 1. The van der Waals surface area contributed by atoms with Gasteiger partial charge in [0, 0.05) is 0 Å². The Bertz CT molecular complexity index is 487. The second-order valence-electron chi connectivity index (χ2n) is 9.20. The van der Waals surface area contributed by atoms with Crippen molar-refractivity contribution in [2.45, 2.75) is 91.9 Å². The normalized spacial score (nSPS) is 19.2. The summed E-state index contributed by atoms with van der Waals surface area (Å²) in [5, 5.41) is 0. The Morgan fingerprint density at radius 3 is 2.09 bits per heavy atom. The van der Waals surface area contributed by atoms with E-state index < -0.39 is 0 Å². The highest BCUT2D eigenvalue weighted by Gasteiger charge is 2.42. The van der Waals surface area contributed by atoms with Crippen molar-refractivity contribution in [1.29, 1.82) is 0 Å². The fourth-order valence-electron chi connectivity index (χ4n) is 4.40. The van der Waals surface area contributed by atoms with E-state index in [1.54, 1.807) is 0 Å². The predicted molar refractivity (Wildman–Crippen MR) is 98.4 cm³/mol. The first-order chi connectivity index (χ1) is 10.2. The maximum atomic E-state index is 2.55. The van der Waals surface area contributed by atoms with Gasteiger partial charge >= 0.3 is 0 Å². The summed E-state index contributed by atoms with van der Waals surface area (Å²) in [6.45, 7) is 14.7. The minimum absolute atomic E-state index is 0.271. The highest BCUT2D eigenvalue weighted by Crippen LogP contribution is 2.52. The van der Waals surface area contributed by atoms with Gasteiger partial charge in [-0.1, -0.05) is 78.1 Å². The lowest BCUT2D eigenvalue weighted by Gasteiger charge is -2.48. The van der Waals surface area contributed by atoms with Crippen LogP contribution in [0, 0.1) is 17.8 Å². The average molecular weight is 301 g/mol. The van der Waals surface area contributed by atoms with Gasteiger partial charge in [-0.2, -0.15) is 0 Å². The number of rotatable bonds is 5. The van der Waals surface area contributed by atoms with Gasteiger partial charge in [0.25, 0.3) is 0 Å². The van der Waals surface area contributed by atoms with Crippen LogP contribution >= 0.6 is 0 Å². The molecule has 0 unspecified atom stereocenters. The van der Waals surface area contributed by atoms with E-state index in [4.69, 9.17) is 0 Å². The molecule has 0 spiro atoms. The molecule has 0 nitrogen and oxygen atoms in total. The average Bonchev–Trinajstić information content (AvgIpc) is 2.46. The highest BCUT2D eigenvalue weighted by molar-refractivity contribution is 5.32. The highest BCUT2D eigenvalue weighted by atomic mass is 14.5. The molecule has 1 saturated carbocycles. The van der Waals surface area contributed by atoms with Crippen molar-refractivity contribution in [2.24, 2.45) is 10.8 Å². The molecule has 0 amide bonds. The Kier molecular flexibility index (Phi) is 5.09. The third kappa shape index (κ3) is 3.58. The topological polar surface area (TPSA) is 0 Å². The molecule has 0 radical (unpaired) electrons. The molecular weight excluding hydrogens is 264 g/mol. The Labute approximate surface area is 138 Å². The van der Waals surface area contributed by atoms with Crippen LogP contribution in [-0.2, 0) is 5.41 Å². The Balaban J connectivity index is 2.09. The van der Waals surface area contributed by atoms with Crippen LogP contribution < -0.4 is 0 Å². The van der Waals surface area contributed by atoms with E-state index in [-0.39, 0.29) is 5.41 Å². The van der Waals surface area contributed by atoms with Crippen LogP contribution in [0.4, 0.5) is 0 Å². The standard InChI is InChI=1S/C22H36/c1-18-12-8-9-13-19(18)20(2,3)16-17-21(4,5)22(6)14-10-7-11-15-22/h8-9,12-13H,7,10-11,14-17H2,1-6H3. The Hall–Kier alpha value is -0.780. The van der Waals surface area contributed by atoms with Gasteiger partial charge < -0.3 is 0 Å². The van der Waals surface area contributed by atoms with Crippen molar-refractivity contribution in [2.75, 3.05) is 0 Å². The molecule has 1 fully saturated rings. The maximum Gasteiger partial charge on any atom is -0.0101 e. The first kappa shape index (κ1) is 17.6. The lowest BCUT2D eigenvalue weighted by Crippen LogP contribution is -2.38. The monoisotopic (exact) mass is 300 g/mol. The van der Waals surface area contributed by atoms with Crippen LogP contribution in [0.25, 0.3) is 0 Å². The summed E-state index contributed by atoms with van der Waals surface area (Å²) in [4.78, 5) is 0. The summed E-state index contributed by atoms with van der Waals surface area (Å²) in [6.07, 6.45) is 9.75. The molecule has 124 valence electrons. The van der Waals surface area contributed by atoms with Gasteiger partial charge in [0.05, 0.1) is 0 Å². The Morgan fingerprint density at radius 1 is 0.909 bits per heavy atom. The summed E-state index contributed by atoms with van der Waals surface area (Å²) in [6, 6.07) is 8.93. The van der Waals surface area contributed by atoms with Crippen LogP contribution in [0.15, 0.2) is 24.3 Å². The molecule has 0 N–H and O–H groups in total. The molecule has 0 saturated heterocycles. The third-order valence-electron chi connectivity index (χ3n) is 6.84. The van der Waals surface area contributed by atoms with Gasteiger partial charge in [-0.15, -0.1) is 0 Å². The molecule has 0 heteroatoms. The van der Waals surface area contributed by atoms with E-state index in [1.165, 1.54) is 56.1 Å². The number of hydrogen-bond donors (Lipinski definition) is 0. The van der Waals surface area contributed by atoms with E-state index in [9.17, 15) is 0 Å². The molecule has 0 bridgehead atoms. The van der Waals surface area contributed by atoms with Crippen LogP contribution in [-0.4, -0.2) is 0 Å². The molecule has 2 rings (SSSR count). The minimum atomic E-state index is 0.271. The van der Waals surface area contributed by atoms with Crippen molar-refractivity contribution in [3.63, 3.8) is 0 Å². The van der Waals surface area contributed by atoms with Gasteiger partial charge in [0.1, 0.15) is 0 Å². The van der Waals surface area contributed by atoms with E-state index >= 15 is 0 Å². The maximum absolute atomic E-state index is 2.55. The zero-order valence-electron chi connectivity index (χ0n) is 15.8. The minimum Gasteiger partial charge on any atom is -0.0620 e. The molecule has 0 aromatic heterocycles. The first-order valence-electron chi connectivity index (χ1n) is 9.24. The van der Waals surface area contributed by atoms with E-state index in [1.807, 2.05) is 0 Å². The lowest BCUT2D eigenvalue weighted by molar-refractivity contribution is 0.0301. The molecule has 1 aromatic carbocycles. The molecule has 22 heavy (non-hydrogen) atoms. The van der Waals surface area contributed by atoms with Crippen LogP contribution in [0.2, 0.25) is 0 Å². The zero-order chi connectivity index (χ0) is 16.4. The molecule has 0 aliphatic heterocycles. The summed E-state index contributed by atoms with van der Waals surface area (Å²) >= 11 is 0. The van der Waals surface area contributed by atoms with Crippen molar-refractivity contribution < 1.29 is 0 Å². The molecule has 1 aromatic rings. The van der Waals surface area contributed by atoms with Crippen molar-refractivity contribution >= 4 is 0 Å². The van der Waals surface area contributed by atoms with Crippen molar-refractivity contribution in [3.8, 4) is 0 Å². The summed E-state index contributed by atoms with van der Waals surface area (Å²) in [5.74, 6) is 0. The fourth-order valence-corrected chi connectivity index (χ4v) is 4.40. The zero-order valence-corrected chi connectivity index (χ0v) is 15.8.